The SMILES string of the molecule is O=C(NCc1cc(C(F)(F)F)cc(C(F)(F)F)c1)C(CCN1CCC(c2ccccc2)CC1)c1ccccc1. The number of nitrogens with zero attached hydrogens (tertiary/aromatic N) is 1. The van der Waals surface area contributed by atoms with Gasteiger partial charge in [-0.2, -0.15) is 26.3 Å². The highest BCUT2D eigenvalue weighted by Gasteiger charge is 2.37. The number of carbonyl (C=O) groups excluding carboxylic acids is 1. The number of amides is 1. The number of carbonyl (C=O) groups is 1. The maximum absolute atomic E-state index is 13.2. The normalized spacial score (nSPS) is 16.2. The summed E-state index contributed by atoms with van der Waals surface area (Å²) in [6.07, 6.45) is -7.41. The van der Waals surface area contributed by atoms with Gasteiger partial charge in [0.15, 0.2) is 0 Å². The molecule has 0 bridgehead atoms. The largest absolute Gasteiger partial charge is 0.416 e. The zero-order chi connectivity index (χ0) is 28.0. The maximum atomic E-state index is 13.2. The molecule has 1 saturated heterocycles. The number of alkyl halides is 6. The quantitative estimate of drug-likeness (QED) is 0.298. The van der Waals surface area contributed by atoms with Crippen LogP contribution in [-0.2, 0) is 23.7 Å². The lowest BCUT2D eigenvalue weighted by Crippen LogP contribution is -2.36. The summed E-state index contributed by atoms with van der Waals surface area (Å²) in [5.41, 5.74) is -1.00. The highest BCUT2D eigenvalue weighted by atomic mass is 19.4. The van der Waals surface area contributed by atoms with Gasteiger partial charge < -0.3 is 10.2 Å². The molecular weight excluding hydrogens is 518 g/mol. The summed E-state index contributed by atoms with van der Waals surface area (Å²) in [5, 5.41) is 2.58. The van der Waals surface area contributed by atoms with Gasteiger partial charge in [-0.3, -0.25) is 4.79 Å². The first-order chi connectivity index (χ1) is 18.5. The predicted octanol–water partition coefficient (Wildman–Crippen LogP) is 7.39. The number of hydrogen-bond acceptors (Lipinski definition) is 2. The first-order valence-electron chi connectivity index (χ1n) is 12.9. The number of likely N-dealkylation sites (tertiary alicyclic amines) is 1. The van der Waals surface area contributed by atoms with Crippen LogP contribution in [0.1, 0.15) is 58.9 Å². The van der Waals surface area contributed by atoms with Crippen molar-refractivity contribution in [1.82, 2.24) is 10.2 Å². The molecule has 0 aromatic heterocycles. The monoisotopic (exact) mass is 548 g/mol. The average Bonchev–Trinajstić information content (AvgIpc) is 2.92. The van der Waals surface area contributed by atoms with Gasteiger partial charge in [0.2, 0.25) is 5.91 Å². The molecule has 9 heteroatoms. The van der Waals surface area contributed by atoms with E-state index in [1.807, 2.05) is 24.3 Å². The second-order valence-electron chi connectivity index (χ2n) is 9.91. The molecule has 1 amide bonds. The van der Waals surface area contributed by atoms with Crippen molar-refractivity contribution in [3.63, 3.8) is 0 Å². The molecule has 0 radical (unpaired) electrons. The molecule has 1 unspecified atom stereocenters. The zero-order valence-electron chi connectivity index (χ0n) is 21.2. The smallest absolute Gasteiger partial charge is 0.351 e. The Kier molecular flexibility index (Phi) is 9.00. The maximum Gasteiger partial charge on any atom is 0.416 e. The molecule has 1 aliphatic rings. The third-order valence-electron chi connectivity index (χ3n) is 7.23. The van der Waals surface area contributed by atoms with E-state index in [2.05, 4.69) is 22.3 Å². The van der Waals surface area contributed by atoms with E-state index in [1.165, 1.54) is 5.56 Å². The summed E-state index contributed by atoms with van der Waals surface area (Å²) in [6, 6.07) is 20.7. The minimum atomic E-state index is -4.94. The number of halogens is 6. The molecule has 1 atom stereocenters. The van der Waals surface area contributed by atoms with Gasteiger partial charge in [-0.1, -0.05) is 60.7 Å². The summed E-state index contributed by atoms with van der Waals surface area (Å²) in [6.45, 7) is 1.97. The molecule has 1 aliphatic heterocycles. The van der Waals surface area contributed by atoms with Crippen LogP contribution >= 0.6 is 0 Å². The van der Waals surface area contributed by atoms with Crippen LogP contribution in [0, 0.1) is 0 Å². The second kappa shape index (κ2) is 12.2. The van der Waals surface area contributed by atoms with E-state index >= 15 is 0 Å². The fourth-order valence-corrected chi connectivity index (χ4v) is 5.10. The van der Waals surface area contributed by atoms with E-state index in [4.69, 9.17) is 0 Å². The fraction of sp³-hybridized carbons (Fsp3) is 0.367. The summed E-state index contributed by atoms with van der Waals surface area (Å²) >= 11 is 0. The lowest BCUT2D eigenvalue weighted by Gasteiger charge is -2.33. The van der Waals surface area contributed by atoms with Gasteiger partial charge in [0, 0.05) is 6.54 Å². The summed E-state index contributed by atoms with van der Waals surface area (Å²) < 4.78 is 79.3. The molecule has 0 spiro atoms. The molecule has 0 aliphatic carbocycles. The van der Waals surface area contributed by atoms with Crippen molar-refractivity contribution in [2.24, 2.45) is 0 Å². The highest BCUT2D eigenvalue weighted by Crippen LogP contribution is 2.36. The zero-order valence-corrected chi connectivity index (χ0v) is 21.2. The van der Waals surface area contributed by atoms with Gasteiger partial charge in [-0.15, -0.1) is 0 Å². The second-order valence-corrected chi connectivity index (χ2v) is 9.91. The van der Waals surface area contributed by atoms with Crippen LogP contribution < -0.4 is 5.32 Å². The molecule has 0 saturated carbocycles. The van der Waals surface area contributed by atoms with Crippen molar-refractivity contribution in [3.8, 4) is 0 Å². The Morgan fingerprint density at radius 3 is 1.90 bits per heavy atom. The topological polar surface area (TPSA) is 32.3 Å². The number of nitrogens with one attached hydrogen (secondary N) is 1. The van der Waals surface area contributed by atoms with Crippen LogP contribution in [0.5, 0.6) is 0 Å². The van der Waals surface area contributed by atoms with Crippen molar-refractivity contribution < 1.29 is 31.1 Å². The van der Waals surface area contributed by atoms with E-state index in [-0.39, 0.29) is 11.6 Å². The van der Waals surface area contributed by atoms with Gasteiger partial charge in [0.25, 0.3) is 0 Å². The van der Waals surface area contributed by atoms with E-state index in [1.54, 1.807) is 24.3 Å². The van der Waals surface area contributed by atoms with Crippen molar-refractivity contribution in [1.29, 1.82) is 0 Å². The van der Waals surface area contributed by atoms with Crippen LogP contribution in [0.4, 0.5) is 26.3 Å². The molecule has 3 aromatic rings. The van der Waals surface area contributed by atoms with Gasteiger partial charge in [0.1, 0.15) is 0 Å². The summed E-state index contributed by atoms with van der Waals surface area (Å²) in [7, 11) is 0. The van der Waals surface area contributed by atoms with Crippen molar-refractivity contribution >= 4 is 5.91 Å². The van der Waals surface area contributed by atoms with Crippen molar-refractivity contribution in [2.75, 3.05) is 19.6 Å². The van der Waals surface area contributed by atoms with Crippen LogP contribution in [0.2, 0.25) is 0 Å². The lowest BCUT2D eigenvalue weighted by molar-refractivity contribution is -0.143. The molecule has 1 heterocycles. The van der Waals surface area contributed by atoms with Crippen LogP contribution in [0.15, 0.2) is 78.9 Å². The standard InChI is InChI=1S/C30H30F6N2O/c31-29(32,33)25-17-21(18-26(19-25)30(34,35)36)20-37-28(39)27(24-9-5-2-6-10-24)13-16-38-14-11-23(12-15-38)22-7-3-1-4-8-22/h1-10,17-19,23,27H,11-16,20H2,(H,37,39). The molecule has 3 nitrogen and oxygen atoms in total. The first kappa shape index (κ1) is 28.7. The highest BCUT2D eigenvalue weighted by molar-refractivity contribution is 5.83. The van der Waals surface area contributed by atoms with E-state index in [0.717, 1.165) is 31.5 Å². The Balaban J connectivity index is 1.42. The van der Waals surface area contributed by atoms with E-state index < -0.39 is 41.8 Å². The number of rotatable bonds is 8. The first-order valence-corrected chi connectivity index (χ1v) is 12.9. The van der Waals surface area contributed by atoms with Gasteiger partial charge in [-0.25, -0.2) is 0 Å². The van der Waals surface area contributed by atoms with Crippen LogP contribution in [0.3, 0.4) is 0 Å². The van der Waals surface area contributed by atoms with Gasteiger partial charge in [-0.05, 0) is 79.7 Å². The Morgan fingerprint density at radius 2 is 1.36 bits per heavy atom. The molecule has 39 heavy (non-hydrogen) atoms. The van der Waals surface area contributed by atoms with Crippen molar-refractivity contribution in [3.05, 3.63) is 107 Å². The molecular formula is C30H30F6N2O. The summed E-state index contributed by atoms with van der Waals surface area (Å²) in [4.78, 5) is 15.5. The number of hydrogen-bond donors (Lipinski definition) is 1. The molecule has 208 valence electrons. The Morgan fingerprint density at radius 1 is 0.821 bits per heavy atom. The fourth-order valence-electron chi connectivity index (χ4n) is 5.10. The Hall–Kier alpha value is -3.33. The minimum absolute atomic E-state index is 0.0824. The Labute approximate surface area is 223 Å². The molecule has 4 rings (SSSR count). The van der Waals surface area contributed by atoms with E-state index in [9.17, 15) is 31.1 Å². The van der Waals surface area contributed by atoms with Crippen LogP contribution in [0.25, 0.3) is 0 Å². The third kappa shape index (κ3) is 7.85. The minimum Gasteiger partial charge on any atom is -0.351 e. The summed E-state index contributed by atoms with van der Waals surface area (Å²) in [5.74, 6) is -0.540. The predicted molar refractivity (Wildman–Crippen MR) is 137 cm³/mol. The molecule has 1 N–H and O–H groups in total. The molecule has 1 fully saturated rings. The van der Waals surface area contributed by atoms with E-state index in [0.29, 0.717) is 31.0 Å². The van der Waals surface area contributed by atoms with Gasteiger partial charge >= 0.3 is 12.4 Å². The number of piperidine rings is 1. The lowest BCUT2D eigenvalue weighted by atomic mass is 9.89. The van der Waals surface area contributed by atoms with Crippen LogP contribution in [-0.4, -0.2) is 30.4 Å². The van der Waals surface area contributed by atoms with Crippen molar-refractivity contribution in [2.45, 2.75) is 50.0 Å². The van der Waals surface area contributed by atoms with Gasteiger partial charge in [0.05, 0.1) is 17.0 Å². The Bertz CT molecular complexity index is 1190. The number of benzene rings is 3. The molecule has 3 aromatic carbocycles. The average molecular weight is 549 g/mol. The third-order valence-corrected chi connectivity index (χ3v) is 7.23.